The number of amides is 2. The SMILES string of the molecule is CC(/C=C/[C@H]1OC(C)(C)C[C@@]2(CO2)[C@@H]1O)=C\C[C@@H]1O[C@H](C)[C@H](NC(=O)/C=C\[C@H](C)OC(=O)N2CCN(C)CC2)C[C@@H]1C. The number of nitrogens with zero attached hydrogens (tertiary/aromatic N) is 2. The van der Waals surface area contributed by atoms with Crippen LogP contribution in [0.5, 0.6) is 0 Å². The first-order chi connectivity index (χ1) is 19.8. The highest BCUT2D eigenvalue weighted by Gasteiger charge is 2.60. The van der Waals surface area contributed by atoms with E-state index < -0.39 is 23.9 Å². The maximum atomic E-state index is 12.6. The first-order valence-corrected chi connectivity index (χ1v) is 15.4. The topological polar surface area (TPSA) is 113 Å². The van der Waals surface area contributed by atoms with E-state index in [-0.39, 0.29) is 41.8 Å². The minimum Gasteiger partial charge on any atom is -0.442 e. The molecule has 10 nitrogen and oxygen atoms in total. The van der Waals surface area contributed by atoms with Gasteiger partial charge in [0.2, 0.25) is 5.91 Å². The van der Waals surface area contributed by atoms with Crippen molar-refractivity contribution in [1.29, 1.82) is 0 Å². The molecule has 0 aromatic rings. The van der Waals surface area contributed by atoms with E-state index in [0.717, 1.165) is 31.5 Å². The lowest BCUT2D eigenvalue weighted by atomic mass is 9.83. The maximum Gasteiger partial charge on any atom is 0.410 e. The first-order valence-electron chi connectivity index (χ1n) is 15.4. The molecule has 0 aromatic carbocycles. The molecule has 0 aliphatic carbocycles. The summed E-state index contributed by atoms with van der Waals surface area (Å²) < 4.78 is 23.5. The number of piperazine rings is 1. The van der Waals surface area contributed by atoms with E-state index in [9.17, 15) is 14.7 Å². The van der Waals surface area contributed by atoms with Gasteiger partial charge in [-0.1, -0.05) is 30.7 Å². The van der Waals surface area contributed by atoms with Crippen molar-refractivity contribution in [3.63, 3.8) is 0 Å². The molecule has 4 rings (SSSR count). The second kappa shape index (κ2) is 13.6. The normalized spacial score (nSPS) is 36.4. The van der Waals surface area contributed by atoms with Crippen LogP contribution in [0.4, 0.5) is 4.79 Å². The second-order valence-corrected chi connectivity index (χ2v) is 13.3. The third kappa shape index (κ3) is 8.66. The molecule has 4 heterocycles. The number of aliphatic hydroxyl groups is 1. The van der Waals surface area contributed by atoms with Gasteiger partial charge in [0.05, 0.1) is 30.5 Å². The third-order valence-electron chi connectivity index (χ3n) is 8.88. The second-order valence-electron chi connectivity index (χ2n) is 13.3. The molecule has 0 radical (unpaired) electrons. The molecule has 4 fully saturated rings. The molecule has 0 aromatic heterocycles. The Balaban J connectivity index is 1.20. The summed E-state index contributed by atoms with van der Waals surface area (Å²) in [6.07, 6.45) is 9.37. The number of nitrogens with one attached hydrogen (secondary N) is 1. The van der Waals surface area contributed by atoms with Gasteiger partial charge in [-0.05, 0) is 66.5 Å². The summed E-state index contributed by atoms with van der Waals surface area (Å²) in [7, 11) is 2.03. The predicted molar refractivity (Wildman–Crippen MR) is 160 cm³/mol. The van der Waals surface area contributed by atoms with Crippen molar-refractivity contribution in [3.05, 3.63) is 36.0 Å². The van der Waals surface area contributed by atoms with Gasteiger partial charge in [-0.25, -0.2) is 4.79 Å². The molecule has 0 unspecified atom stereocenters. The van der Waals surface area contributed by atoms with Gasteiger partial charge >= 0.3 is 6.09 Å². The fraction of sp³-hybridized carbons (Fsp3) is 0.750. The summed E-state index contributed by atoms with van der Waals surface area (Å²) >= 11 is 0. The fourth-order valence-electron chi connectivity index (χ4n) is 6.15. The number of aliphatic hydroxyl groups excluding tert-OH is 1. The molecule has 10 heteroatoms. The zero-order valence-corrected chi connectivity index (χ0v) is 26.4. The largest absolute Gasteiger partial charge is 0.442 e. The molecule has 2 amide bonds. The zero-order valence-electron chi connectivity index (χ0n) is 26.4. The van der Waals surface area contributed by atoms with Crippen molar-refractivity contribution in [2.45, 2.75) is 109 Å². The van der Waals surface area contributed by atoms with Crippen molar-refractivity contribution in [2.75, 3.05) is 39.8 Å². The lowest BCUT2D eigenvalue weighted by Crippen LogP contribution is -2.53. The smallest absolute Gasteiger partial charge is 0.410 e. The van der Waals surface area contributed by atoms with Crippen LogP contribution in [0.2, 0.25) is 0 Å². The number of hydrogen-bond acceptors (Lipinski definition) is 8. The van der Waals surface area contributed by atoms with E-state index >= 15 is 0 Å². The van der Waals surface area contributed by atoms with Gasteiger partial charge in [-0.2, -0.15) is 0 Å². The average Bonchev–Trinajstić information content (AvgIpc) is 3.69. The molecule has 0 bridgehead atoms. The van der Waals surface area contributed by atoms with Crippen LogP contribution in [0.15, 0.2) is 36.0 Å². The van der Waals surface area contributed by atoms with Gasteiger partial charge in [0.25, 0.3) is 0 Å². The highest BCUT2D eigenvalue weighted by Crippen LogP contribution is 2.46. The lowest BCUT2D eigenvalue weighted by molar-refractivity contribution is -0.171. The Morgan fingerprint density at radius 3 is 2.52 bits per heavy atom. The van der Waals surface area contributed by atoms with Crippen molar-refractivity contribution >= 4 is 12.0 Å². The number of ether oxygens (including phenoxy) is 4. The Bertz CT molecular complexity index is 1040. The summed E-state index contributed by atoms with van der Waals surface area (Å²) in [6.45, 7) is 15.5. The summed E-state index contributed by atoms with van der Waals surface area (Å²) in [4.78, 5) is 28.9. The van der Waals surface area contributed by atoms with Gasteiger partial charge in [-0.3, -0.25) is 4.79 Å². The van der Waals surface area contributed by atoms with Crippen LogP contribution in [-0.4, -0.2) is 115 Å². The van der Waals surface area contributed by atoms with Crippen LogP contribution in [0.25, 0.3) is 0 Å². The van der Waals surface area contributed by atoms with Gasteiger partial charge in [0, 0.05) is 38.7 Å². The minimum atomic E-state index is -0.667. The van der Waals surface area contributed by atoms with Crippen LogP contribution in [0, 0.1) is 5.92 Å². The molecule has 236 valence electrons. The first kappa shape index (κ1) is 32.7. The summed E-state index contributed by atoms with van der Waals surface area (Å²) in [6, 6.07) is -0.105. The summed E-state index contributed by atoms with van der Waals surface area (Å²) in [5.74, 6) is 0.0290. The van der Waals surface area contributed by atoms with E-state index in [0.29, 0.717) is 26.1 Å². The van der Waals surface area contributed by atoms with E-state index in [1.165, 1.54) is 6.08 Å². The monoisotopic (exact) mass is 589 g/mol. The quantitative estimate of drug-likeness (QED) is 0.252. The molecule has 4 saturated heterocycles. The summed E-state index contributed by atoms with van der Waals surface area (Å²) in [5, 5.41) is 13.8. The Kier molecular flexibility index (Phi) is 10.6. The van der Waals surface area contributed by atoms with Crippen LogP contribution in [0.3, 0.4) is 0 Å². The molecule has 4 aliphatic rings. The number of allylic oxidation sites excluding steroid dienone is 2. The Hall–Kier alpha value is -2.24. The van der Waals surface area contributed by atoms with Crippen molar-refractivity contribution < 1.29 is 33.6 Å². The van der Waals surface area contributed by atoms with Gasteiger partial charge in [-0.15, -0.1) is 0 Å². The van der Waals surface area contributed by atoms with Crippen LogP contribution in [0.1, 0.15) is 60.8 Å². The van der Waals surface area contributed by atoms with E-state index in [2.05, 4.69) is 23.2 Å². The van der Waals surface area contributed by atoms with E-state index in [1.807, 2.05) is 46.9 Å². The Labute approximate surface area is 251 Å². The van der Waals surface area contributed by atoms with Gasteiger partial charge < -0.3 is 39.2 Å². The molecule has 8 atom stereocenters. The fourth-order valence-corrected chi connectivity index (χ4v) is 6.15. The third-order valence-corrected chi connectivity index (χ3v) is 8.88. The number of carbonyl (C=O) groups is 2. The zero-order chi connectivity index (χ0) is 30.7. The highest BCUT2D eigenvalue weighted by molar-refractivity contribution is 5.87. The number of carbonyl (C=O) groups excluding carboxylic acids is 2. The minimum absolute atomic E-state index is 0.0413. The Morgan fingerprint density at radius 1 is 1.17 bits per heavy atom. The average molecular weight is 590 g/mol. The summed E-state index contributed by atoms with van der Waals surface area (Å²) in [5.41, 5.74) is 0.264. The molecule has 2 N–H and O–H groups in total. The molecule has 42 heavy (non-hydrogen) atoms. The van der Waals surface area contributed by atoms with Crippen LogP contribution < -0.4 is 5.32 Å². The maximum absolute atomic E-state index is 12.6. The van der Waals surface area contributed by atoms with Crippen molar-refractivity contribution in [2.24, 2.45) is 5.92 Å². The molecular formula is C32H51N3O7. The lowest BCUT2D eigenvalue weighted by Gasteiger charge is -2.41. The van der Waals surface area contributed by atoms with E-state index in [1.54, 1.807) is 17.9 Å². The number of epoxide rings is 1. The Morgan fingerprint density at radius 2 is 1.86 bits per heavy atom. The van der Waals surface area contributed by atoms with Crippen molar-refractivity contribution in [1.82, 2.24) is 15.1 Å². The highest BCUT2D eigenvalue weighted by atomic mass is 16.6. The molecule has 1 spiro atoms. The number of hydrogen-bond donors (Lipinski definition) is 2. The van der Waals surface area contributed by atoms with Crippen molar-refractivity contribution in [3.8, 4) is 0 Å². The van der Waals surface area contributed by atoms with Crippen LogP contribution in [-0.2, 0) is 23.7 Å². The predicted octanol–water partition coefficient (Wildman–Crippen LogP) is 3.20. The molecule has 4 aliphatic heterocycles. The van der Waals surface area contributed by atoms with Crippen LogP contribution >= 0.6 is 0 Å². The van der Waals surface area contributed by atoms with E-state index in [4.69, 9.17) is 18.9 Å². The standard InChI is InChI=1S/C32H51N3O7/c1-21(9-12-27-29(37)32(20-39-32)19-31(5,6)42-27)8-11-26-22(2)18-25(24(4)41-26)33-28(36)13-10-23(3)40-30(38)35-16-14-34(7)15-17-35/h8-10,12-13,22-27,29,37H,11,14-20H2,1-7H3,(H,33,36)/b12-9+,13-10-,21-8+/t22-,23-,24+,25+,26-,27+,29+,32+/m0/s1. The number of rotatable bonds is 8. The van der Waals surface area contributed by atoms with Gasteiger partial charge in [0.1, 0.15) is 23.9 Å². The van der Waals surface area contributed by atoms with Gasteiger partial charge in [0.15, 0.2) is 0 Å². The molecule has 0 saturated carbocycles. The number of likely N-dealkylation sites (N-methyl/N-ethyl adjacent to an activating group) is 1. The molecular weight excluding hydrogens is 538 g/mol.